The van der Waals surface area contributed by atoms with Gasteiger partial charge in [0.1, 0.15) is 27.6 Å². The lowest BCUT2D eigenvalue weighted by molar-refractivity contribution is -0.159. The summed E-state index contributed by atoms with van der Waals surface area (Å²) >= 11 is 5.86. The summed E-state index contributed by atoms with van der Waals surface area (Å²) in [5.41, 5.74) is -2.27. The molecule has 2 aromatic rings. The topological polar surface area (TPSA) is 77.5 Å². The average molecular weight is 457 g/mol. The molecule has 0 heterocycles. The summed E-state index contributed by atoms with van der Waals surface area (Å²) in [5, 5.41) is 0.290. The number of hydrogen-bond acceptors (Lipinski definition) is 5. The first-order valence-corrected chi connectivity index (χ1v) is 10.9. The van der Waals surface area contributed by atoms with Gasteiger partial charge in [-0.05, 0) is 62.2 Å². The van der Waals surface area contributed by atoms with Crippen LogP contribution in [0.25, 0.3) is 0 Å². The molecule has 2 unspecified atom stereocenters. The largest absolute Gasteiger partial charge is 0.468 e. The van der Waals surface area contributed by atoms with Crippen molar-refractivity contribution in [2.45, 2.75) is 35.8 Å². The van der Waals surface area contributed by atoms with E-state index in [4.69, 9.17) is 16.3 Å². The van der Waals surface area contributed by atoms with E-state index in [1.807, 2.05) is 0 Å². The average Bonchev–Trinajstić information content (AvgIpc) is 2.71. The number of Topliss-reactive ketones (excluding diaryl/α,β-unsaturated/α-hetero) is 1. The highest BCUT2D eigenvalue weighted by Crippen LogP contribution is 2.52. The van der Waals surface area contributed by atoms with Crippen molar-refractivity contribution in [2.75, 3.05) is 7.11 Å². The molecule has 30 heavy (non-hydrogen) atoms. The van der Waals surface area contributed by atoms with E-state index >= 15 is 0 Å². The van der Waals surface area contributed by atoms with Crippen LogP contribution in [0.15, 0.2) is 47.4 Å². The highest BCUT2D eigenvalue weighted by atomic mass is 35.5. The zero-order valence-corrected chi connectivity index (χ0v) is 17.8. The molecular weight excluding hydrogens is 438 g/mol. The second-order valence-corrected chi connectivity index (χ2v) is 10.2. The van der Waals surface area contributed by atoms with Crippen LogP contribution in [-0.2, 0) is 28.9 Å². The molecule has 1 saturated carbocycles. The summed E-state index contributed by atoms with van der Waals surface area (Å²) < 4.78 is 59.2. The molecule has 0 radical (unpaired) electrons. The molecule has 0 aromatic heterocycles. The van der Waals surface area contributed by atoms with Gasteiger partial charge in [0.05, 0.1) is 12.0 Å². The van der Waals surface area contributed by atoms with Gasteiger partial charge < -0.3 is 4.74 Å². The van der Waals surface area contributed by atoms with Crippen LogP contribution >= 0.6 is 11.6 Å². The predicted molar refractivity (Wildman–Crippen MR) is 106 cm³/mol. The van der Waals surface area contributed by atoms with Crippen molar-refractivity contribution >= 4 is 33.2 Å². The summed E-state index contributed by atoms with van der Waals surface area (Å²) in [6.07, 6.45) is -1.23. The van der Waals surface area contributed by atoms with Gasteiger partial charge in [0.25, 0.3) is 0 Å². The van der Waals surface area contributed by atoms with Gasteiger partial charge in [-0.1, -0.05) is 11.6 Å². The molecule has 9 heteroatoms. The number of carbonyl (C=O) groups excluding carboxylic acids is 2. The van der Waals surface area contributed by atoms with Crippen LogP contribution in [0.1, 0.15) is 31.7 Å². The highest BCUT2D eigenvalue weighted by molar-refractivity contribution is 7.92. The number of methoxy groups -OCH3 is 1. The van der Waals surface area contributed by atoms with E-state index in [-0.39, 0.29) is 22.8 Å². The Kier molecular flexibility index (Phi) is 5.77. The van der Waals surface area contributed by atoms with Gasteiger partial charge in [-0.2, -0.15) is 0 Å². The van der Waals surface area contributed by atoms with Gasteiger partial charge in [-0.25, -0.2) is 17.2 Å². The Labute approximate surface area is 177 Å². The first kappa shape index (κ1) is 22.4. The minimum absolute atomic E-state index is 0.183. The van der Waals surface area contributed by atoms with E-state index in [2.05, 4.69) is 0 Å². The third kappa shape index (κ3) is 3.41. The number of sulfone groups is 1. The molecule has 0 N–H and O–H groups in total. The fourth-order valence-corrected chi connectivity index (χ4v) is 6.42. The maximum Gasteiger partial charge on any atom is 0.319 e. The van der Waals surface area contributed by atoms with Crippen LogP contribution in [0.2, 0.25) is 5.02 Å². The van der Waals surface area contributed by atoms with E-state index < -0.39 is 55.4 Å². The second-order valence-electron chi connectivity index (χ2n) is 7.50. The molecule has 3 rings (SSSR count). The van der Waals surface area contributed by atoms with Crippen LogP contribution < -0.4 is 0 Å². The molecule has 2 aromatic carbocycles. The van der Waals surface area contributed by atoms with Gasteiger partial charge in [-0.3, -0.25) is 9.59 Å². The molecular formula is C21H19ClF2O5S. The van der Waals surface area contributed by atoms with Gasteiger partial charge in [-0.15, -0.1) is 0 Å². The molecule has 2 atom stereocenters. The summed E-state index contributed by atoms with van der Waals surface area (Å²) in [5.74, 6) is -3.24. The number of rotatable bonds is 4. The SMILES string of the molecule is COC(=O)C1(C)CC(c2cc(F)ccc2F)(S(=O)(=O)c2ccc(Cl)cc2)CCC1=O. The van der Waals surface area contributed by atoms with Gasteiger partial charge in [0.15, 0.2) is 9.84 Å². The molecule has 0 spiro atoms. The van der Waals surface area contributed by atoms with E-state index in [9.17, 15) is 26.8 Å². The molecule has 0 bridgehead atoms. The third-order valence-corrected chi connectivity index (χ3v) is 8.45. The Morgan fingerprint density at radius 3 is 2.37 bits per heavy atom. The Balaban J connectivity index is 2.33. The van der Waals surface area contributed by atoms with Crippen molar-refractivity contribution in [1.29, 1.82) is 0 Å². The lowest BCUT2D eigenvalue weighted by Crippen LogP contribution is -2.52. The Hall–Kier alpha value is -2.32. The molecule has 1 fully saturated rings. The molecule has 1 aliphatic rings. The van der Waals surface area contributed by atoms with Crippen LogP contribution in [0, 0.1) is 17.0 Å². The number of benzene rings is 2. The first-order valence-electron chi connectivity index (χ1n) is 9.05. The van der Waals surface area contributed by atoms with Crippen LogP contribution in [0.5, 0.6) is 0 Å². The number of carbonyl (C=O) groups is 2. The second kappa shape index (κ2) is 7.74. The summed E-state index contributed by atoms with van der Waals surface area (Å²) in [6, 6.07) is 7.72. The number of esters is 1. The van der Waals surface area contributed by atoms with E-state index in [0.29, 0.717) is 0 Å². The molecule has 0 aliphatic heterocycles. The summed E-state index contributed by atoms with van der Waals surface area (Å²) in [7, 11) is -3.32. The van der Waals surface area contributed by atoms with Crippen molar-refractivity contribution in [3.8, 4) is 0 Å². The minimum Gasteiger partial charge on any atom is -0.468 e. The van der Waals surface area contributed by atoms with E-state index in [1.54, 1.807) is 0 Å². The quantitative estimate of drug-likeness (QED) is 0.508. The number of hydrogen-bond donors (Lipinski definition) is 0. The minimum atomic E-state index is -4.39. The zero-order chi connectivity index (χ0) is 22.3. The van der Waals surface area contributed by atoms with Gasteiger partial charge in [0, 0.05) is 17.0 Å². The molecule has 1 aliphatic carbocycles. The van der Waals surface area contributed by atoms with E-state index in [1.165, 1.54) is 31.2 Å². The fraction of sp³-hybridized carbons (Fsp3) is 0.333. The fourth-order valence-electron chi connectivity index (χ4n) is 4.05. The zero-order valence-electron chi connectivity index (χ0n) is 16.2. The predicted octanol–water partition coefficient (Wildman–Crippen LogP) is 4.22. The third-order valence-electron chi connectivity index (χ3n) is 5.70. The highest BCUT2D eigenvalue weighted by Gasteiger charge is 2.59. The van der Waals surface area contributed by atoms with Crippen molar-refractivity contribution in [3.05, 3.63) is 64.7 Å². The van der Waals surface area contributed by atoms with Gasteiger partial charge >= 0.3 is 5.97 Å². The first-order chi connectivity index (χ1) is 14.0. The maximum atomic E-state index is 14.9. The maximum absolute atomic E-state index is 14.9. The molecule has 160 valence electrons. The lowest BCUT2D eigenvalue weighted by Gasteiger charge is -2.43. The number of ether oxygens (including phenoxy) is 1. The molecule has 5 nitrogen and oxygen atoms in total. The monoisotopic (exact) mass is 456 g/mol. The Morgan fingerprint density at radius 2 is 1.77 bits per heavy atom. The Bertz CT molecular complexity index is 1110. The van der Waals surface area contributed by atoms with Crippen molar-refractivity contribution < 1.29 is 31.5 Å². The van der Waals surface area contributed by atoms with Crippen molar-refractivity contribution in [2.24, 2.45) is 5.41 Å². The van der Waals surface area contributed by atoms with Crippen LogP contribution in [0.3, 0.4) is 0 Å². The van der Waals surface area contributed by atoms with Crippen LogP contribution in [-0.4, -0.2) is 27.3 Å². The molecule has 0 amide bonds. The lowest BCUT2D eigenvalue weighted by atomic mass is 9.67. The standard InChI is InChI=1S/C21H19ClF2O5S/c1-20(19(26)29-2)12-21(10-9-18(20)25,16-11-14(23)5-8-17(16)24)30(27,28)15-6-3-13(22)4-7-15/h3-8,11H,9-10,12H2,1-2H3. The molecule has 0 saturated heterocycles. The Morgan fingerprint density at radius 1 is 1.13 bits per heavy atom. The van der Waals surface area contributed by atoms with Crippen molar-refractivity contribution in [3.63, 3.8) is 0 Å². The van der Waals surface area contributed by atoms with Crippen molar-refractivity contribution in [1.82, 2.24) is 0 Å². The summed E-state index contributed by atoms with van der Waals surface area (Å²) in [6.45, 7) is 1.27. The van der Waals surface area contributed by atoms with E-state index in [0.717, 1.165) is 25.3 Å². The summed E-state index contributed by atoms with van der Waals surface area (Å²) in [4.78, 5) is 24.9. The van der Waals surface area contributed by atoms with Gasteiger partial charge in [0.2, 0.25) is 0 Å². The smallest absolute Gasteiger partial charge is 0.319 e. The van der Waals surface area contributed by atoms with Crippen LogP contribution in [0.4, 0.5) is 8.78 Å². The normalized spacial score (nSPS) is 24.5. The number of halogens is 3. The number of ketones is 1.